The second kappa shape index (κ2) is 5.21. The Kier molecular flexibility index (Phi) is 4.02. The van der Waals surface area contributed by atoms with Crippen molar-refractivity contribution < 1.29 is 4.55 Å². The van der Waals surface area contributed by atoms with Crippen LogP contribution in [0.25, 0.3) is 10.1 Å². The van der Waals surface area contributed by atoms with E-state index in [0.29, 0.717) is 0 Å². The zero-order chi connectivity index (χ0) is 13.3. The van der Waals surface area contributed by atoms with E-state index in [-0.39, 0.29) is 10.8 Å². The average molecular weight is 281 g/mol. The molecule has 18 heavy (non-hydrogen) atoms. The van der Waals surface area contributed by atoms with Crippen LogP contribution < -0.4 is 4.72 Å². The number of benzene rings is 1. The van der Waals surface area contributed by atoms with Gasteiger partial charge in [-0.3, -0.25) is 0 Å². The predicted molar refractivity (Wildman–Crippen MR) is 81.3 cm³/mol. The molecule has 98 valence electrons. The number of rotatable bonds is 3. The molecule has 1 N–H and O–H groups in total. The molecule has 4 heteroatoms. The van der Waals surface area contributed by atoms with Gasteiger partial charge in [0.1, 0.15) is 4.75 Å². The van der Waals surface area contributed by atoms with Crippen molar-refractivity contribution in [1.29, 1.82) is 0 Å². The van der Waals surface area contributed by atoms with Gasteiger partial charge in [0.25, 0.3) is 0 Å². The molecule has 2 unspecified atom stereocenters. The largest absolute Gasteiger partial charge is 0.598 e. The Morgan fingerprint density at radius 1 is 1.28 bits per heavy atom. The molecule has 2 atom stereocenters. The number of hydrogen-bond acceptors (Lipinski definition) is 3. The van der Waals surface area contributed by atoms with Gasteiger partial charge in [0.2, 0.25) is 0 Å². The Bertz CT molecular complexity index is 530. The molecule has 0 aliphatic carbocycles. The lowest BCUT2D eigenvalue weighted by molar-refractivity contribution is 0.532. The zero-order valence-electron chi connectivity index (χ0n) is 11.2. The fourth-order valence-corrected chi connectivity index (χ4v) is 3.59. The van der Waals surface area contributed by atoms with Crippen LogP contribution in [0.2, 0.25) is 0 Å². The predicted octanol–water partition coefficient (Wildman–Crippen LogP) is 4.01. The van der Waals surface area contributed by atoms with Crippen LogP contribution in [-0.2, 0) is 11.4 Å². The van der Waals surface area contributed by atoms with Crippen molar-refractivity contribution in [2.75, 3.05) is 0 Å². The van der Waals surface area contributed by atoms with E-state index in [2.05, 4.69) is 29.2 Å². The molecule has 0 aliphatic heterocycles. The number of thiophene rings is 1. The van der Waals surface area contributed by atoms with Gasteiger partial charge < -0.3 is 4.55 Å². The highest BCUT2D eigenvalue weighted by Gasteiger charge is 2.28. The van der Waals surface area contributed by atoms with E-state index in [1.165, 1.54) is 15.6 Å². The molecule has 0 amide bonds. The van der Waals surface area contributed by atoms with Crippen LogP contribution in [0.1, 0.15) is 39.3 Å². The fourth-order valence-electron chi connectivity index (χ4n) is 1.73. The summed E-state index contributed by atoms with van der Waals surface area (Å²) in [6.45, 7) is 8.01. The molecular formula is C14H19NOS2. The Morgan fingerprint density at radius 2 is 1.94 bits per heavy atom. The molecule has 2 aromatic rings. The minimum atomic E-state index is -1.04. The second-order valence-electron chi connectivity index (χ2n) is 5.41. The van der Waals surface area contributed by atoms with Crippen LogP contribution in [0.4, 0.5) is 0 Å². The Morgan fingerprint density at radius 3 is 2.61 bits per heavy atom. The molecule has 0 spiro atoms. The van der Waals surface area contributed by atoms with Crippen LogP contribution in [0, 0.1) is 0 Å². The number of hydrogen-bond donors (Lipinski definition) is 1. The molecule has 1 heterocycles. The lowest BCUT2D eigenvalue weighted by Gasteiger charge is -2.26. The van der Waals surface area contributed by atoms with Crippen LogP contribution in [0.15, 0.2) is 29.6 Å². The molecule has 1 aromatic carbocycles. The lowest BCUT2D eigenvalue weighted by Crippen LogP contribution is -2.40. The molecule has 1 aromatic heterocycles. The number of fused-ring (bicyclic) bond motifs is 1. The van der Waals surface area contributed by atoms with Gasteiger partial charge in [-0.05, 0) is 50.1 Å². The van der Waals surface area contributed by atoms with Crippen LogP contribution in [0.3, 0.4) is 0 Å². The van der Waals surface area contributed by atoms with Gasteiger partial charge in [-0.25, -0.2) is 0 Å². The molecule has 0 aliphatic rings. The summed E-state index contributed by atoms with van der Waals surface area (Å²) in [7, 11) is 0. The topological polar surface area (TPSA) is 35.1 Å². The summed E-state index contributed by atoms with van der Waals surface area (Å²) >= 11 is 0.698. The Hall–Kier alpha value is -0.550. The number of nitrogens with one attached hydrogen (secondary N) is 1. The molecule has 2 rings (SSSR count). The van der Waals surface area contributed by atoms with E-state index in [0.717, 1.165) is 0 Å². The summed E-state index contributed by atoms with van der Waals surface area (Å²) in [5, 5.41) is 3.41. The van der Waals surface area contributed by atoms with Crippen molar-refractivity contribution in [1.82, 2.24) is 4.72 Å². The second-order valence-corrected chi connectivity index (χ2v) is 8.32. The van der Waals surface area contributed by atoms with Crippen molar-refractivity contribution >= 4 is 32.8 Å². The van der Waals surface area contributed by atoms with Crippen LogP contribution in [0.5, 0.6) is 0 Å². The quantitative estimate of drug-likeness (QED) is 0.863. The van der Waals surface area contributed by atoms with E-state index in [1.54, 1.807) is 11.3 Å². The first-order valence-electron chi connectivity index (χ1n) is 6.04. The summed E-state index contributed by atoms with van der Waals surface area (Å²) in [4.78, 5) is 0. The average Bonchev–Trinajstić information content (AvgIpc) is 2.71. The van der Waals surface area contributed by atoms with E-state index in [9.17, 15) is 4.55 Å². The van der Waals surface area contributed by atoms with Crippen LogP contribution >= 0.6 is 11.3 Å². The lowest BCUT2D eigenvalue weighted by atomic mass is 10.1. The van der Waals surface area contributed by atoms with Crippen molar-refractivity contribution in [3.8, 4) is 0 Å². The molecule has 0 saturated heterocycles. The monoisotopic (exact) mass is 281 g/mol. The summed E-state index contributed by atoms with van der Waals surface area (Å²) in [5.41, 5.74) is 1.23. The summed E-state index contributed by atoms with van der Waals surface area (Å²) in [6.07, 6.45) is 0. The minimum absolute atomic E-state index is 0.0983. The third-order valence-electron chi connectivity index (χ3n) is 2.82. The zero-order valence-corrected chi connectivity index (χ0v) is 12.8. The molecular weight excluding hydrogens is 262 g/mol. The molecule has 0 saturated carbocycles. The van der Waals surface area contributed by atoms with Gasteiger partial charge in [0, 0.05) is 16.1 Å². The van der Waals surface area contributed by atoms with Gasteiger partial charge >= 0.3 is 0 Å². The molecule has 0 radical (unpaired) electrons. The minimum Gasteiger partial charge on any atom is -0.598 e. The van der Waals surface area contributed by atoms with Crippen molar-refractivity contribution in [2.45, 2.75) is 38.5 Å². The van der Waals surface area contributed by atoms with Gasteiger partial charge in [0.05, 0.1) is 6.04 Å². The highest BCUT2D eigenvalue weighted by atomic mass is 32.2. The van der Waals surface area contributed by atoms with Crippen LogP contribution in [-0.4, -0.2) is 9.30 Å². The maximum absolute atomic E-state index is 12.1. The van der Waals surface area contributed by atoms with E-state index >= 15 is 0 Å². The summed E-state index contributed by atoms with van der Waals surface area (Å²) < 4.78 is 16.3. The summed E-state index contributed by atoms with van der Waals surface area (Å²) in [6, 6.07) is 8.44. The third kappa shape index (κ3) is 2.88. The highest BCUT2D eigenvalue weighted by Crippen LogP contribution is 2.31. The first-order chi connectivity index (χ1) is 8.39. The Labute approximate surface area is 116 Å². The van der Waals surface area contributed by atoms with E-state index in [4.69, 9.17) is 0 Å². The van der Waals surface area contributed by atoms with E-state index < -0.39 is 11.4 Å². The molecule has 0 bridgehead atoms. The van der Waals surface area contributed by atoms with Crippen molar-refractivity contribution in [3.05, 3.63) is 35.2 Å². The smallest absolute Gasteiger partial charge is 0.136 e. The molecule has 0 fully saturated rings. The van der Waals surface area contributed by atoms with Gasteiger partial charge in [-0.15, -0.1) is 16.1 Å². The van der Waals surface area contributed by atoms with Gasteiger partial charge in [-0.1, -0.05) is 18.2 Å². The standard InChI is InChI=1S/C14H19NOS2/c1-10(15-18(16)14(2,3)4)12-9-17-13-8-6-5-7-11(12)13/h5-10,15H,1-4H3. The van der Waals surface area contributed by atoms with Crippen molar-refractivity contribution in [2.24, 2.45) is 0 Å². The SMILES string of the molecule is CC(N[S+]([O-])C(C)(C)C)c1csc2ccccc12. The maximum Gasteiger partial charge on any atom is 0.136 e. The Balaban J connectivity index is 2.21. The normalized spacial score (nSPS) is 15.8. The molecule has 2 nitrogen and oxygen atoms in total. The third-order valence-corrected chi connectivity index (χ3v) is 5.48. The first-order valence-corrected chi connectivity index (χ1v) is 8.06. The first kappa shape index (κ1) is 13.9. The summed E-state index contributed by atoms with van der Waals surface area (Å²) in [5.74, 6) is 0. The van der Waals surface area contributed by atoms with E-state index in [1.807, 2.05) is 32.9 Å². The van der Waals surface area contributed by atoms with Crippen molar-refractivity contribution in [3.63, 3.8) is 0 Å². The van der Waals surface area contributed by atoms with Gasteiger partial charge in [-0.2, -0.15) is 0 Å². The fraction of sp³-hybridized carbons (Fsp3) is 0.429. The highest BCUT2D eigenvalue weighted by molar-refractivity contribution is 7.90. The maximum atomic E-state index is 12.1. The van der Waals surface area contributed by atoms with Gasteiger partial charge in [0.15, 0.2) is 0 Å².